The molecule has 82 valence electrons. The van der Waals surface area contributed by atoms with Gasteiger partial charge in [-0.1, -0.05) is 0 Å². The average molecular weight is 210 g/mol. The number of ether oxygens (including phenoxy) is 2. The van der Waals surface area contributed by atoms with Gasteiger partial charge in [0.15, 0.2) is 12.1 Å². The minimum atomic E-state index is -0.200. The van der Waals surface area contributed by atoms with E-state index in [0.29, 0.717) is 12.7 Å². The first-order valence-electron chi connectivity index (χ1n) is 5.14. The van der Waals surface area contributed by atoms with E-state index in [2.05, 4.69) is 0 Å². The minimum absolute atomic E-state index is 0.0624. The molecule has 0 N–H and O–H groups in total. The molecule has 4 heteroatoms. The van der Waals surface area contributed by atoms with Crippen LogP contribution in [0.15, 0.2) is 11.8 Å². The Balaban J connectivity index is 2.15. The van der Waals surface area contributed by atoms with Crippen LogP contribution in [0.25, 0.3) is 0 Å². The third-order valence-corrected chi connectivity index (χ3v) is 3.19. The molecule has 0 aromatic carbocycles. The highest BCUT2D eigenvalue weighted by Crippen LogP contribution is 2.33. The molecule has 0 saturated heterocycles. The summed E-state index contributed by atoms with van der Waals surface area (Å²) in [6.45, 7) is 0. The van der Waals surface area contributed by atoms with Gasteiger partial charge in [-0.2, -0.15) is 0 Å². The molecular formula is C11H14O4. The summed E-state index contributed by atoms with van der Waals surface area (Å²) in [5.74, 6) is -0.295. The van der Waals surface area contributed by atoms with Crippen molar-refractivity contribution >= 4 is 12.1 Å². The fourth-order valence-electron chi connectivity index (χ4n) is 2.28. The molecule has 1 fully saturated rings. The van der Waals surface area contributed by atoms with Crippen molar-refractivity contribution in [2.75, 3.05) is 7.11 Å². The van der Waals surface area contributed by atoms with Crippen molar-refractivity contribution < 1.29 is 19.1 Å². The topological polar surface area (TPSA) is 52.6 Å². The van der Waals surface area contributed by atoms with Crippen LogP contribution in [0.1, 0.15) is 19.3 Å². The number of carbonyl (C=O) groups excluding carboxylic acids is 2. The van der Waals surface area contributed by atoms with Gasteiger partial charge in [0, 0.05) is 7.11 Å². The van der Waals surface area contributed by atoms with Crippen molar-refractivity contribution in [2.24, 2.45) is 5.92 Å². The van der Waals surface area contributed by atoms with E-state index >= 15 is 0 Å². The van der Waals surface area contributed by atoms with Gasteiger partial charge in [0.25, 0.3) is 0 Å². The van der Waals surface area contributed by atoms with Crippen LogP contribution < -0.4 is 0 Å². The molecule has 4 nitrogen and oxygen atoms in total. The van der Waals surface area contributed by atoms with Crippen LogP contribution in [0.4, 0.5) is 0 Å². The summed E-state index contributed by atoms with van der Waals surface area (Å²) in [5.41, 5.74) is 0.146. The van der Waals surface area contributed by atoms with Gasteiger partial charge < -0.3 is 9.47 Å². The number of rotatable bonds is 2. The van der Waals surface area contributed by atoms with Gasteiger partial charge in [-0.3, -0.25) is 9.59 Å². The summed E-state index contributed by atoms with van der Waals surface area (Å²) in [6, 6.07) is 0. The first-order valence-corrected chi connectivity index (χ1v) is 5.14. The summed E-state index contributed by atoms with van der Waals surface area (Å²) >= 11 is 0. The number of carbonyl (C=O) groups is 2. The predicted octanol–water partition coefficient (Wildman–Crippen LogP) is 0.852. The Bertz CT molecular complexity index is 308. The molecule has 1 heterocycles. The Kier molecular flexibility index (Phi) is 2.86. The molecule has 0 radical (unpaired) electrons. The van der Waals surface area contributed by atoms with Crippen molar-refractivity contribution in [1.82, 2.24) is 0 Å². The van der Waals surface area contributed by atoms with Crippen molar-refractivity contribution in [3.8, 4) is 0 Å². The Morgan fingerprint density at radius 3 is 3.00 bits per heavy atom. The standard InChI is InChI=1S/C11H14O4/c1-14-8-2-3-10-9(4-8)11(13)7(5-12)6-15-10/h5-6,8-10H,2-4H2,1H3. The highest BCUT2D eigenvalue weighted by Gasteiger charge is 2.40. The largest absolute Gasteiger partial charge is 0.496 e. The number of Topliss-reactive ketones (excluding diaryl/α,β-unsaturated/α-hetero) is 1. The summed E-state index contributed by atoms with van der Waals surface area (Å²) in [4.78, 5) is 22.4. The van der Waals surface area contributed by atoms with Crippen molar-refractivity contribution in [3.05, 3.63) is 11.8 Å². The zero-order valence-corrected chi connectivity index (χ0v) is 8.64. The summed E-state index contributed by atoms with van der Waals surface area (Å²) in [5, 5.41) is 0. The second kappa shape index (κ2) is 4.14. The third-order valence-electron chi connectivity index (χ3n) is 3.19. The van der Waals surface area contributed by atoms with Gasteiger partial charge in [0.2, 0.25) is 0 Å². The maximum Gasteiger partial charge on any atom is 0.176 e. The lowest BCUT2D eigenvalue weighted by Gasteiger charge is -2.36. The molecular weight excluding hydrogens is 196 g/mol. The molecule has 1 aliphatic heterocycles. The number of hydrogen-bond acceptors (Lipinski definition) is 4. The lowest BCUT2D eigenvalue weighted by molar-refractivity contribution is -0.131. The molecule has 0 aromatic rings. The van der Waals surface area contributed by atoms with Gasteiger partial charge >= 0.3 is 0 Å². The van der Waals surface area contributed by atoms with Crippen molar-refractivity contribution in [1.29, 1.82) is 0 Å². The summed E-state index contributed by atoms with van der Waals surface area (Å²) in [6.07, 6.45) is 4.30. The second-order valence-electron chi connectivity index (χ2n) is 4.01. The van der Waals surface area contributed by atoms with E-state index < -0.39 is 0 Å². The van der Waals surface area contributed by atoms with E-state index in [1.807, 2.05) is 0 Å². The Morgan fingerprint density at radius 1 is 1.53 bits per heavy atom. The monoisotopic (exact) mass is 210 g/mol. The van der Waals surface area contributed by atoms with E-state index in [-0.39, 0.29) is 29.5 Å². The fraction of sp³-hybridized carbons (Fsp3) is 0.636. The van der Waals surface area contributed by atoms with E-state index in [0.717, 1.165) is 12.8 Å². The second-order valence-corrected chi connectivity index (χ2v) is 4.01. The number of ketones is 1. The van der Waals surface area contributed by atoms with E-state index in [9.17, 15) is 9.59 Å². The Morgan fingerprint density at radius 2 is 2.33 bits per heavy atom. The third kappa shape index (κ3) is 1.81. The van der Waals surface area contributed by atoms with Gasteiger partial charge in [-0.05, 0) is 19.3 Å². The van der Waals surface area contributed by atoms with E-state index in [1.54, 1.807) is 7.11 Å². The number of fused-ring (bicyclic) bond motifs is 1. The lowest BCUT2D eigenvalue weighted by atomic mass is 9.79. The molecule has 15 heavy (non-hydrogen) atoms. The molecule has 0 bridgehead atoms. The predicted molar refractivity (Wildman–Crippen MR) is 52.2 cm³/mol. The molecule has 2 aliphatic rings. The molecule has 3 unspecified atom stereocenters. The zero-order valence-electron chi connectivity index (χ0n) is 8.64. The van der Waals surface area contributed by atoms with Gasteiger partial charge in [0.05, 0.1) is 23.9 Å². The maximum atomic E-state index is 11.8. The average Bonchev–Trinajstić information content (AvgIpc) is 2.29. The number of hydrogen-bond donors (Lipinski definition) is 0. The molecule has 0 spiro atoms. The van der Waals surface area contributed by atoms with Crippen molar-refractivity contribution in [2.45, 2.75) is 31.5 Å². The fourth-order valence-corrected chi connectivity index (χ4v) is 2.28. The molecule has 0 amide bonds. The molecule has 3 atom stereocenters. The van der Waals surface area contributed by atoms with Gasteiger partial charge in [-0.25, -0.2) is 0 Å². The summed E-state index contributed by atoms with van der Waals surface area (Å²) in [7, 11) is 1.65. The Labute approximate surface area is 88.2 Å². The van der Waals surface area contributed by atoms with Crippen LogP contribution in [-0.2, 0) is 19.1 Å². The number of allylic oxidation sites excluding steroid dienone is 1. The highest BCUT2D eigenvalue weighted by atomic mass is 16.5. The molecule has 0 aromatic heterocycles. The quantitative estimate of drug-likeness (QED) is 0.501. The van der Waals surface area contributed by atoms with Crippen LogP contribution in [0.3, 0.4) is 0 Å². The normalized spacial score (nSPS) is 35.1. The van der Waals surface area contributed by atoms with Crippen molar-refractivity contribution in [3.63, 3.8) is 0 Å². The van der Waals surface area contributed by atoms with Gasteiger partial charge in [-0.15, -0.1) is 0 Å². The lowest BCUT2D eigenvalue weighted by Crippen LogP contribution is -2.41. The Hall–Kier alpha value is -1.16. The molecule has 1 saturated carbocycles. The van der Waals surface area contributed by atoms with Gasteiger partial charge in [0.1, 0.15) is 6.10 Å². The molecule has 2 rings (SSSR count). The highest BCUT2D eigenvalue weighted by molar-refractivity contribution is 6.13. The smallest absolute Gasteiger partial charge is 0.176 e. The number of methoxy groups -OCH3 is 1. The first kappa shape index (κ1) is 10.4. The SMILES string of the molecule is COC1CCC2OC=C(C=O)C(=O)C2C1. The van der Waals surface area contributed by atoms with Crippen LogP contribution in [0.5, 0.6) is 0 Å². The van der Waals surface area contributed by atoms with Crippen LogP contribution >= 0.6 is 0 Å². The van der Waals surface area contributed by atoms with Crippen LogP contribution in [-0.4, -0.2) is 31.4 Å². The van der Waals surface area contributed by atoms with Crippen LogP contribution in [0.2, 0.25) is 0 Å². The van der Waals surface area contributed by atoms with E-state index in [1.165, 1.54) is 6.26 Å². The molecule has 1 aliphatic carbocycles. The minimum Gasteiger partial charge on any atom is -0.496 e. The zero-order chi connectivity index (χ0) is 10.8. The first-order chi connectivity index (χ1) is 7.26. The van der Waals surface area contributed by atoms with Crippen LogP contribution in [0, 0.1) is 5.92 Å². The maximum absolute atomic E-state index is 11.8. The number of aldehydes is 1. The summed E-state index contributed by atoms with van der Waals surface area (Å²) < 4.78 is 10.6. The van der Waals surface area contributed by atoms with E-state index in [4.69, 9.17) is 9.47 Å².